The Labute approximate surface area is 148 Å². The summed E-state index contributed by atoms with van der Waals surface area (Å²) < 4.78 is 0.886. The van der Waals surface area contributed by atoms with E-state index in [4.69, 9.17) is 11.6 Å². The van der Waals surface area contributed by atoms with Crippen LogP contribution in [-0.4, -0.2) is 18.4 Å². The number of nitrogens with zero attached hydrogens (tertiary/aromatic N) is 1. The fourth-order valence-corrected chi connectivity index (χ4v) is 2.60. The number of benzene rings is 2. The van der Waals surface area contributed by atoms with Crippen molar-refractivity contribution in [1.82, 2.24) is 0 Å². The highest BCUT2D eigenvalue weighted by molar-refractivity contribution is 9.10. The van der Waals surface area contributed by atoms with Crippen LogP contribution in [0.3, 0.4) is 0 Å². The molecule has 0 atom stereocenters. The van der Waals surface area contributed by atoms with E-state index in [1.165, 1.54) is 11.8 Å². The second-order valence-corrected chi connectivity index (χ2v) is 6.39. The van der Waals surface area contributed by atoms with E-state index in [0.29, 0.717) is 16.4 Å². The molecule has 0 heterocycles. The van der Waals surface area contributed by atoms with Crippen LogP contribution in [0.1, 0.15) is 12.5 Å². The number of carbonyl (C=O) groups is 2. The molecule has 0 aromatic heterocycles. The molecule has 23 heavy (non-hydrogen) atoms. The molecule has 0 radical (unpaired) electrons. The largest absolute Gasteiger partial charge is 0.324 e. The Bertz CT molecular complexity index is 749. The van der Waals surface area contributed by atoms with Gasteiger partial charge < -0.3 is 10.2 Å². The minimum absolute atomic E-state index is 0.0721. The third kappa shape index (κ3) is 4.81. The Hall–Kier alpha value is -1.85. The van der Waals surface area contributed by atoms with Gasteiger partial charge in [-0.15, -0.1) is 0 Å². The molecular formula is C17H16BrClN2O2. The maximum Gasteiger partial charge on any atom is 0.244 e. The van der Waals surface area contributed by atoms with Gasteiger partial charge in [-0.1, -0.05) is 39.7 Å². The van der Waals surface area contributed by atoms with E-state index < -0.39 is 0 Å². The molecule has 2 aromatic rings. The Morgan fingerprint density at radius 2 is 1.96 bits per heavy atom. The first-order valence-corrected chi connectivity index (χ1v) is 8.13. The van der Waals surface area contributed by atoms with Gasteiger partial charge in [-0.05, 0) is 42.8 Å². The third-order valence-corrected chi connectivity index (χ3v) is 4.35. The molecule has 0 aliphatic carbocycles. The highest BCUT2D eigenvalue weighted by atomic mass is 79.9. The lowest BCUT2D eigenvalue weighted by Crippen LogP contribution is -2.36. The van der Waals surface area contributed by atoms with Crippen molar-refractivity contribution in [2.24, 2.45) is 0 Å². The SMILES string of the molecule is CC(=O)N(CC(=O)Nc1cccc(Cl)c1)c1ccc(C)c(Br)c1. The fraction of sp³-hybridized carbons (Fsp3) is 0.176. The summed E-state index contributed by atoms with van der Waals surface area (Å²) in [4.78, 5) is 25.5. The molecule has 0 unspecified atom stereocenters. The van der Waals surface area contributed by atoms with Gasteiger partial charge in [-0.2, -0.15) is 0 Å². The lowest BCUT2D eigenvalue weighted by atomic mass is 10.2. The lowest BCUT2D eigenvalue weighted by molar-refractivity contribution is -0.120. The number of hydrogen-bond donors (Lipinski definition) is 1. The normalized spacial score (nSPS) is 10.3. The molecule has 6 heteroatoms. The zero-order valence-electron chi connectivity index (χ0n) is 12.8. The Kier molecular flexibility index (Phi) is 5.80. The predicted octanol–water partition coefficient (Wildman–Crippen LogP) is 4.40. The van der Waals surface area contributed by atoms with Gasteiger partial charge in [0.1, 0.15) is 6.54 Å². The van der Waals surface area contributed by atoms with Crippen LogP contribution in [0.2, 0.25) is 5.02 Å². The van der Waals surface area contributed by atoms with Crippen molar-refractivity contribution in [3.05, 3.63) is 57.5 Å². The maximum absolute atomic E-state index is 12.2. The number of halogens is 2. The summed E-state index contributed by atoms with van der Waals surface area (Å²) in [6.07, 6.45) is 0. The zero-order valence-corrected chi connectivity index (χ0v) is 15.1. The van der Waals surface area contributed by atoms with E-state index in [9.17, 15) is 9.59 Å². The molecule has 2 rings (SSSR count). The van der Waals surface area contributed by atoms with Crippen LogP contribution in [0.5, 0.6) is 0 Å². The number of carbonyl (C=O) groups excluding carboxylic acids is 2. The molecule has 120 valence electrons. The molecular weight excluding hydrogens is 380 g/mol. The molecule has 2 amide bonds. The van der Waals surface area contributed by atoms with Crippen LogP contribution in [0, 0.1) is 6.92 Å². The van der Waals surface area contributed by atoms with Crippen LogP contribution >= 0.6 is 27.5 Å². The van der Waals surface area contributed by atoms with Gasteiger partial charge in [-0.25, -0.2) is 0 Å². The number of hydrogen-bond acceptors (Lipinski definition) is 2. The van der Waals surface area contributed by atoms with Crippen molar-refractivity contribution < 1.29 is 9.59 Å². The average molecular weight is 396 g/mol. The first-order chi connectivity index (χ1) is 10.9. The van der Waals surface area contributed by atoms with Crippen molar-refractivity contribution in [3.63, 3.8) is 0 Å². The number of aryl methyl sites for hydroxylation is 1. The third-order valence-electron chi connectivity index (χ3n) is 3.26. The Balaban J connectivity index is 2.14. The lowest BCUT2D eigenvalue weighted by Gasteiger charge is -2.21. The summed E-state index contributed by atoms with van der Waals surface area (Å²) in [6, 6.07) is 12.4. The van der Waals surface area contributed by atoms with E-state index >= 15 is 0 Å². The van der Waals surface area contributed by atoms with Gasteiger partial charge >= 0.3 is 0 Å². The monoisotopic (exact) mass is 394 g/mol. The van der Waals surface area contributed by atoms with E-state index in [1.807, 2.05) is 25.1 Å². The summed E-state index contributed by atoms with van der Waals surface area (Å²) >= 11 is 9.33. The first-order valence-electron chi connectivity index (χ1n) is 6.96. The molecule has 1 N–H and O–H groups in total. The first kappa shape index (κ1) is 17.5. The average Bonchev–Trinajstić information content (AvgIpc) is 2.47. The topological polar surface area (TPSA) is 49.4 Å². The summed E-state index contributed by atoms with van der Waals surface area (Å²) in [7, 11) is 0. The minimum atomic E-state index is -0.292. The van der Waals surface area contributed by atoms with Crippen molar-refractivity contribution in [3.8, 4) is 0 Å². The predicted molar refractivity (Wildman–Crippen MR) is 97.0 cm³/mol. The molecule has 0 saturated carbocycles. The zero-order chi connectivity index (χ0) is 17.0. The number of nitrogens with one attached hydrogen (secondary N) is 1. The van der Waals surface area contributed by atoms with E-state index in [1.54, 1.807) is 24.3 Å². The minimum Gasteiger partial charge on any atom is -0.324 e. The second-order valence-electron chi connectivity index (χ2n) is 5.10. The van der Waals surface area contributed by atoms with Crippen LogP contribution in [-0.2, 0) is 9.59 Å². The summed E-state index contributed by atoms with van der Waals surface area (Å²) in [5, 5.41) is 3.27. The summed E-state index contributed by atoms with van der Waals surface area (Å²) in [6.45, 7) is 3.32. The van der Waals surface area contributed by atoms with E-state index in [0.717, 1.165) is 10.0 Å². The van der Waals surface area contributed by atoms with Gasteiger partial charge in [0.25, 0.3) is 0 Å². The number of anilines is 2. The highest BCUT2D eigenvalue weighted by Crippen LogP contribution is 2.24. The molecule has 0 bridgehead atoms. The second kappa shape index (κ2) is 7.62. The number of amides is 2. The van der Waals surface area contributed by atoms with Crippen LogP contribution in [0.15, 0.2) is 46.9 Å². The quantitative estimate of drug-likeness (QED) is 0.834. The fourth-order valence-electron chi connectivity index (χ4n) is 2.04. The molecule has 0 aliphatic heterocycles. The van der Waals surface area contributed by atoms with Crippen molar-refractivity contribution >= 4 is 50.7 Å². The highest BCUT2D eigenvalue weighted by Gasteiger charge is 2.16. The summed E-state index contributed by atoms with van der Waals surface area (Å²) in [5.74, 6) is -0.499. The van der Waals surface area contributed by atoms with Gasteiger partial charge in [0.15, 0.2) is 0 Å². The molecule has 0 saturated heterocycles. The maximum atomic E-state index is 12.2. The summed E-state index contributed by atoms with van der Waals surface area (Å²) in [5.41, 5.74) is 2.31. The molecule has 0 fully saturated rings. The Morgan fingerprint density at radius 3 is 2.57 bits per heavy atom. The standard InChI is InChI=1S/C17H16BrClN2O2/c1-11-6-7-15(9-16(11)18)21(12(2)22)10-17(23)20-14-5-3-4-13(19)8-14/h3-9H,10H2,1-2H3,(H,20,23). The Morgan fingerprint density at radius 1 is 1.22 bits per heavy atom. The van der Waals surface area contributed by atoms with Crippen LogP contribution in [0.25, 0.3) is 0 Å². The smallest absolute Gasteiger partial charge is 0.244 e. The number of rotatable bonds is 4. The van der Waals surface area contributed by atoms with Crippen molar-refractivity contribution in [2.45, 2.75) is 13.8 Å². The molecule has 0 spiro atoms. The molecule has 0 aliphatic rings. The van der Waals surface area contributed by atoms with Crippen molar-refractivity contribution in [1.29, 1.82) is 0 Å². The van der Waals surface area contributed by atoms with E-state index in [2.05, 4.69) is 21.2 Å². The van der Waals surface area contributed by atoms with Gasteiger partial charge in [0, 0.05) is 27.8 Å². The van der Waals surface area contributed by atoms with Gasteiger partial charge in [0.2, 0.25) is 11.8 Å². The van der Waals surface area contributed by atoms with Gasteiger partial charge in [0.05, 0.1) is 0 Å². The van der Waals surface area contributed by atoms with Crippen LogP contribution < -0.4 is 10.2 Å². The van der Waals surface area contributed by atoms with Crippen molar-refractivity contribution in [2.75, 3.05) is 16.8 Å². The van der Waals surface area contributed by atoms with Crippen LogP contribution in [0.4, 0.5) is 11.4 Å². The molecule has 2 aromatic carbocycles. The van der Waals surface area contributed by atoms with Gasteiger partial charge in [-0.3, -0.25) is 9.59 Å². The molecule has 4 nitrogen and oxygen atoms in total. The van der Waals surface area contributed by atoms with E-state index in [-0.39, 0.29) is 18.4 Å².